The third kappa shape index (κ3) is 4.05. The third-order valence-electron chi connectivity index (χ3n) is 6.11. The van der Waals surface area contributed by atoms with Gasteiger partial charge in [0.05, 0.1) is 12.4 Å². The molecule has 0 aromatic carbocycles. The summed E-state index contributed by atoms with van der Waals surface area (Å²) in [5.41, 5.74) is -0.134. The van der Waals surface area contributed by atoms with Crippen LogP contribution in [-0.4, -0.2) is 50.3 Å². The van der Waals surface area contributed by atoms with E-state index in [2.05, 4.69) is 25.4 Å². The molecule has 1 N–H and O–H groups in total. The van der Waals surface area contributed by atoms with Crippen molar-refractivity contribution >= 4 is 22.8 Å². The first-order valence-electron chi connectivity index (χ1n) is 10.3. The van der Waals surface area contributed by atoms with Gasteiger partial charge in [-0.1, -0.05) is 6.07 Å². The first kappa shape index (κ1) is 20.8. The summed E-state index contributed by atoms with van der Waals surface area (Å²) < 4.78 is 65.5. The van der Waals surface area contributed by atoms with E-state index in [-0.39, 0.29) is 6.04 Å². The maximum Gasteiger partial charge on any atom is 0.433 e. The molecule has 3 atom stereocenters. The number of pyridine rings is 1. The van der Waals surface area contributed by atoms with E-state index in [9.17, 15) is 22.0 Å². The van der Waals surface area contributed by atoms with Gasteiger partial charge in [-0.2, -0.15) is 18.3 Å². The van der Waals surface area contributed by atoms with Crippen molar-refractivity contribution in [2.75, 3.05) is 23.3 Å². The second kappa shape index (κ2) is 7.82. The molecule has 0 bridgehead atoms. The molecule has 0 spiro atoms. The van der Waals surface area contributed by atoms with Crippen LogP contribution < -0.4 is 10.2 Å². The zero-order chi connectivity index (χ0) is 22.5. The van der Waals surface area contributed by atoms with Gasteiger partial charge in [0.2, 0.25) is 0 Å². The quantitative estimate of drug-likeness (QED) is 0.592. The number of hydrogen-bond acceptors (Lipinski definition) is 6. The topological polar surface area (TPSA) is 71.8 Å². The lowest BCUT2D eigenvalue weighted by molar-refractivity contribution is -0.141. The highest BCUT2D eigenvalue weighted by Crippen LogP contribution is 2.41. The zero-order valence-corrected chi connectivity index (χ0v) is 16.8. The van der Waals surface area contributed by atoms with Gasteiger partial charge in [0.15, 0.2) is 5.65 Å². The Labute approximate surface area is 179 Å². The summed E-state index contributed by atoms with van der Waals surface area (Å²) in [6.07, 6.45) is -2.38. The van der Waals surface area contributed by atoms with E-state index in [0.717, 1.165) is 23.6 Å². The standard InChI is InChI=1S/C20H20F5N7/c21-16(22)10-32-19-14(6-27-32)26-7-17(30-19)28-13-4-11-8-31(9-12(11)5-13)18-3-1-2-15(29-18)20(23,24)25/h1-3,6-7,11-13,16H,4-5,8-10H2,(H,28,30)/t11-,12+,13-. The van der Waals surface area contributed by atoms with Crippen LogP contribution in [0.5, 0.6) is 0 Å². The van der Waals surface area contributed by atoms with Gasteiger partial charge in [0.25, 0.3) is 6.43 Å². The molecule has 7 nitrogen and oxygen atoms in total. The Morgan fingerprint density at radius 2 is 1.81 bits per heavy atom. The van der Waals surface area contributed by atoms with E-state index in [4.69, 9.17) is 0 Å². The van der Waals surface area contributed by atoms with Crippen molar-refractivity contribution in [2.24, 2.45) is 11.8 Å². The lowest BCUT2D eigenvalue weighted by Crippen LogP contribution is -2.26. The highest BCUT2D eigenvalue weighted by Gasteiger charge is 2.42. The van der Waals surface area contributed by atoms with Gasteiger partial charge in [0, 0.05) is 19.1 Å². The minimum atomic E-state index is -4.46. The number of anilines is 2. The van der Waals surface area contributed by atoms with Crippen molar-refractivity contribution in [1.82, 2.24) is 24.7 Å². The SMILES string of the molecule is FC(F)Cn1ncc2ncc(N[C@@H]3C[C@@H]4CN(c5cccc(C(F)(F)F)n5)C[C@@H]4C3)nc21. The average Bonchev–Trinajstić information content (AvgIpc) is 3.41. The van der Waals surface area contributed by atoms with Crippen LogP contribution in [0.4, 0.5) is 33.6 Å². The summed E-state index contributed by atoms with van der Waals surface area (Å²) in [6.45, 7) is 0.737. The molecule has 5 rings (SSSR count). The highest BCUT2D eigenvalue weighted by atomic mass is 19.4. The smallest absolute Gasteiger partial charge is 0.366 e. The summed E-state index contributed by atoms with van der Waals surface area (Å²) in [4.78, 5) is 14.4. The fourth-order valence-electron chi connectivity index (χ4n) is 4.75. The molecule has 170 valence electrons. The summed E-state index contributed by atoms with van der Waals surface area (Å²) >= 11 is 0. The van der Waals surface area contributed by atoms with Crippen LogP contribution in [0.3, 0.4) is 0 Å². The second-order valence-corrected chi connectivity index (χ2v) is 8.30. The number of rotatable bonds is 5. The van der Waals surface area contributed by atoms with Crippen LogP contribution in [0.25, 0.3) is 11.2 Å². The lowest BCUT2D eigenvalue weighted by atomic mass is 10.0. The Bertz CT molecular complexity index is 1100. The van der Waals surface area contributed by atoms with Crippen molar-refractivity contribution in [3.8, 4) is 0 Å². The van der Waals surface area contributed by atoms with Crippen LogP contribution >= 0.6 is 0 Å². The Morgan fingerprint density at radius 1 is 1.06 bits per heavy atom. The lowest BCUT2D eigenvalue weighted by Gasteiger charge is -2.21. The molecule has 0 amide bonds. The molecular weight excluding hydrogens is 433 g/mol. The Kier molecular flexibility index (Phi) is 5.09. The summed E-state index contributed by atoms with van der Waals surface area (Å²) in [7, 11) is 0. The number of nitrogens with one attached hydrogen (secondary N) is 1. The molecule has 3 aromatic rings. The molecule has 0 radical (unpaired) electrons. The summed E-state index contributed by atoms with van der Waals surface area (Å²) in [6, 6.07) is 4.10. The van der Waals surface area contributed by atoms with Crippen LogP contribution in [0.1, 0.15) is 18.5 Å². The van der Waals surface area contributed by atoms with Gasteiger partial charge in [-0.25, -0.2) is 28.4 Å². The first-order chi connectivity index (χ1) is 15.3. The molecule has 2 fully saturated rings. The molecule has 3 aromatic heterocycles. The third-order valence-corrected chi connectivity index (χ3v) is 6.11. The van der Waals surface area contributed by atoms with Gasteiger partial charge in [-0.15, -0.1) is 0 Å². The molecule has 0 unspecified atom stereocenters. The van der Waals surface area contributed by atoms with E-state index in [1.54, 1.807) is 12.3 Å². The minimum absolute atomic E-state index is 0.125. The van der Waals surface area contributed by atoms with E-state index in [1.165, 1.54) is 12.3 Å². The van der Waals surface area contributed by atoms with Crippen molar-refractivity contribution < 1.29 is 22.0 Å². The van der Waals surface area contributed by atoms with E-state index < -0.39 is 24.8 Å². The molecule has 1 saturated heterocycles. The zero-order valence-electron chi connectivity index (χ0n) is 16.8. The monoisotopic (exact) mass is 453 g/mol. The summed E-state index contributed by atoms with van der Waals surface area (Å²) in [5.74, 6) is 1.49. The van der Waals surface area contributed by atoms with Crippen LogP contribution in [0, 0.1) is 11.8 Å². The summed E-state index contributed by atoms with van der Waals surface area (Å²) in [5, 5.41) is 7.25. The van der Waals surface area contributed by atoms with Gasteiger partial charge in [-0.05, 0) is 36.8 Å². The highest BCUT2D eigenvalue weighted by molar-refractivity contribution is 5.71. The fourth-order valence-corrected chi connectivity index (χ4v) is 4.75. The number of nitrogens with zero attached hydrogens (tertiary/aromatic N) is 6. The molecular formula is C20H20F5N7. The fraction of sp³-hybridized carbons (Fsp3) is 0.500. The van der Waals surface area contributed by atoms with Gasteiger partial charge in [0.1, 0.15) is 29.4 Å². The number of alkyl halides is 5. The molecule has 1 saturated carbocycles. The minimum Gasteiger partial charge on any atom is -0.366 e. The van der Waals surface area contributed by atoms with Crippen LogP contribution in [-0.2, 0) is 12.7 Å². The number of hydrogen-bond donors (Lipinski definition) is 1. The molecule has 32 heavy (non-hydrogen) atoms. The Hall–Kier alpha value is -3.05. The van der Waals surface area contributed by atoms with Gasteiger partial charge < -0.3 is 10.2 Å². The van der Waals surface area contributed by atoms with E-state index >= 15 is 0 Å². The second-order valence-electron chi connectivity index (χ2n) is 8.30. The molecule has 1 aliphatic carbocycles. The molecule has 4 heterocycles. The van der Waals surface area contributed by atoms with Gasteiger partial charge >= 0.3 is 6.18 Å². The van der Waals surface area contributed by atoms with Crippen molar-refractivity contribution in [1.29, 1.82) is 0 Å². The average molecular weight is 453 g/mol. The molecule has 1 aliphatic heterocycles. The maximum atomic E-state index is 13.0. The number of fused-ring (bicyclic) bond motifs is 2. The predicted octanol–water partition coefficient (Wildman–Crippen LogP) is 3.83. The first-order valence-corrected chi connectivity index (χ1v) is 10.3. The maximum absolute atomic E-state index is 13.0. The number of halogens is 5. The Morgan fingerprint density at radius 3 is 2.50 bits per heavy atom. The Balaban J connectivity index is 1.23. The predicted molar refractivity (Wildman–Crippen MR) is 106 cm³/mol. The van der Waals surface area contributed by atoms with Crippen molar-refractivity contribution in [3.63, 3.8) is 0 Å². The van der Waals surface area contributed by atoms with Crippen LogP contribution in [0.15, 0.2) is 30.6 Å². The molecule has 2 aliphatic rings. The molecule has 12 heteroatoms. The normalized spacial score (nSPS) is 23.3. The number of aromatic nitrogens is 5. The van der Waals surface area contributed by atoms with Gasteiger partial charge in [-0.3, -0.25) is 0 Å². The van der Waals surface area contributed by atoms with Crippen LogP contribution in [0.2, 0.25) is 0 Å². The van der Waals surface area contributed by atoms with E-state index in [0.29, 0.717) is 47.7 Å². The van der Waals surface area contributed by atoms with Crippen molar-refractivity contribution in [2.45, 2.75) is 38.0 Å². The largest absolute Gasteiger partial charge is 0.433 e. The van der Waals surface area contributed by atoms with Crippen molar-refractivity contribution in [3.05, 3.63) is 36.3 Å². The van der Waals surface area contributed by atoms with E-state index in [1.807, 2.05) is 4.90 Å².